The van der Waals surface area contributed by atoms with E-state index in [1.807, 2.05) is 6.20 Å². The fourth-order valence-electron chi connectivity index (χ4n) is 1.28. The van der Waals surface area contributed by atoms with Crippen molar-refractivity contribution in [2.45, 2.75) is 19.4 Å². The maximum atomic E-state index is 4.98. The van der Waals surface area contributed by atoms with E-state index < -0.39 is 0 Å². The average Bonchev–Trinajstić information content (AvgIpc) is 2.23. The molecule has 0 bridgehead atoms. The number of aromatic nitrogens is 1. The zero-order chi connectivity index (χ0) is 10.9. The topological polar surface area (TPSA) is 34.1 Å². The number of halogens is 1. The molecule has 0 spiro atoms. The minimum Gasteiger partial charge on any atom is -0.385 e. The summed E-state index contributed by atoms with van der Waals surface area (Å²) in [6.45, 7) is 2.75. The first kappa shape index (κ1) is 12.6. The molecule has 0 saturated carbocycles. The molecule has 1 aromatic heterocycles. The first-order valence-electron chi connectivity index (χ1n) is 5.12. The van der Waals surface area contributed by atoms with E-state index >= 15 is 0 Å². The quantitative estimate of drug-likeness (QED) is 0.774. The molecular weight excluding hydrogens is 256 g/mol. The van der Waals surface area contributed by atoms with E-state index in [-0.39, 0.29) is 0 Å². The van der Waals surface area contributed by atoms with Crippen LogP contribution in [0.15, 0.2) is 22.9 Å². The highest BCUT2D eigenvalue weighted by Crippen LogP contribution is 2.08. The van der Waals surface area contributed by atoms with E-state index in [1.165, 1.54) is 5.56 Å². The lowest BCUT2D eigenvalue weighted by Gasteiger charge is -2.04. The van der Waals surface area contributed by atoms with E-state index in [0.29, 0.717) is 0 Å². The van der Waals surface area contributed by atoms with Crippen LogP contribution in [-0.4, -0.2) is 25.2 Å². The van der Waals surface area contributed by atoms with Gasteiger partial charge in [0.25, 0.3) is 0 Å². The minimum atomic E-state index is 0.847. The molecule has 0 radical (unpaired) electrons. The van der Waals surface area contributed by atoms with Gasteiger partial charge in [0, 0.05) is 37.1 Å². The van der Waals surface area contributed by atoms with Crippen LogP contribution in [0.1, 0.15) is 18.4 Å². The zero-order valence-electron chi connectivity index (χ0n) is 9.00. The van der Waals surface area contributed by atoms with Crippen LogP contribution in [0, 0.1) is 0 Å². The molecule has 0 aliphatic rings. The average molecular weight is 273 g/mol. The fourth-order valence-corrected chi connectivity index (χ4v) is 1.69. The Bertz CT molecular complexity index is 281. The van der Waals surface area contributed by atoms with Gasteiger partial charge in [-0.25, -0.2) is 0 Å². The third kappa shape index (κ3) is 5.87. The molecule has 0 aliphatic heterocycles. The number of rotatable bonds is 7. The van der Waals surface area contributed by atoms with Crippen LogP contribution in [-0.2, 0) is 11.3 Å². The molecular formula is C11H17BrN2O. The maximum absolute atomic E-state index is 4.98. The second kappa shape index (κ2) is 7.79. The van der Waals surface area contributed by atoms with E-state index in [9.17, 15) is 0 Å². The Hall–Kier alpha value is -0.450. The Morgan fingerprint density at radius 3 is 3.00 bits per heavy atom. The first-order chi connectivity index (χ1) is 7.33. The third-order valence-electron chi connectivity index (χ3n) is 2.04. The van der Waals surface area contributed by atoms with Crippen LogP contribution in [0.4, 0.5) is 0 Å². The van der Waals surface area contributed by atoms with Gasteiger partial charge < -0.3 is 10.1 Å². The van der Waals surface area contributed by atoms with Crippen LogP contribution < -0.4 is 5.32 Å². The van der Waals surface area contributed by atoms with Crippen LogP contribution in [0.3, 0.4) is 0 Å². The monoisotopic (exact) mass is 272 g/mol. The first-order valence-corrected chi connectivity index (χ1v) is 5.91. The molecule has 0 fully saturated rings. The number of nitrogens with zero attached hydrogens (tertiary/aromatic N) is 1. The largest absolute Gasteiger partial charge is 0.385 e. The Morgan fingerprint density at radius 2 is 2.27 bits per heavy atom. The molecule has 0 atom stereocenters. The molecule has 0 aliphatic carbocycles. The number of ether oxygens (including phenoxy) is 1. The number of hydrogen-bond donors (Lipinski definition) is 1. The van der Waals surface area contributed by atoms with Crippen molar-refractivity contribution in [1.29, 1.82) is 0 Å². The van der Waals surface area contributed by atoms with Crippen molar-refractivity contribution in [2.24, 2.45) is 0 Å². The number of nitrogens with one attached hydrogen (secondary N) is 1. The number of pyridine rings is 1. The van der Waals surface area contributed by atoms with Crippen molar-refractivity contribution in [2.75, 3.05) is 20.3 Å². The smallest absolute Gasteiger partial charge is 0.0462 e. The molecule has 1 heterocycles. The Morgan fingerprint density at radius 1 is 1.40 bits per heavy atom. The molecule has 0 aromatic carbocycles. The lowest BCUT2D eigenvalue weighted by atomic mass is 10.2. The van der Waals surface area contributed by atoms with Crippen molar-refractivity contribution in [3.8, 4) is 0 Å². The van der Waals surface area contributed by atoms with Crippen LogP contribution in [0.5, 0.6) is 0 Å². The summed E-state index contributed by atoms with van der Waals surface area (Å²) in [5.74, 6) is 0. The number of hydrogen-bond acceptors (Lipinski definition) is 3. The molecule has 1 N–H and O–H groups in total. The van der Waals surface area contributed by atoms with Gasteiger partial charge in [-0.05, 0) is 46.9 Å². The molecule has 1 aromatic rings. The van der Waals surface area contributed by atoms with Gasteiger partial charge in [-0.2, -0.15) is 0 Å². The van der Waals surface area contributed by atoms with Crippen LogP contribution >= 0.6 is 15.9 Å². The summed E-state index contributed by atoms with van der Waals surface area (Å²) >= 11 is 3.40. The van der Waals surface area contributed by atoms with Crippen molar-refractivity contribution in [3.63, 3.8) is 0 Å². The van der Waals surface area contributed by atoms with Crippen LogP contribution in [0.2, 0.25) is 0 Å². The van der Waals surface area contributed by atoms with Gasteiger partial charge in [-0.3, -0.25) is 4.98 Å². The van der Waals surface area contributed by atoms with Gasteiger partial charge in [0.2, 0.25) is 0 Å². The van der Waals surface area contributed by atoms with E-state index in [1.54, 1.807) is 13.3 Å². The highest BCUT2D eigenvalue weighted by molar-refractivity contribution is 9.10. The van der Waals surface area contributed by atoms with Gasteiger partial charge in [-0.15, -0.1) is 0 Å². The summed E-state index contributed by atoms with van der Waals surface area (Å²) < 4.78 is 6.01. The lowest BCUT2D eigenvalue weighted by molar-refractivity contribution is 0.192. The predicted molar refractivity (Wildman–Crippen MR) is 64.8 cm³/mol. The second-order valence-electron chi connectivity index (χ2n) is 3.39. The van der Waals surface area contributed by atoms with Crippen molar-refractivity contribution in [3.05, 3.63) is 28.5 Å². The van der Waals surface area contributed by atoms with Gasteiger partial charge in [0.15, 0.2) is 0 Å². The molecule has 1 rings (SSSR count). The Balaban J connectivity index is 2.10. The standard InChI is InChI=1S/C11H17BrN2O/c1-15-5-3-2-4-13-7-10-6-11(12)9-14-8-10/h6,8-9,13H,2-5,7H2,1H3. The fraction of sp³-hybridized carbons (Fsp3) is 0.545. The van der Waals surface area contributed by atoms with Gasteiger partial charge in [0.1, 0.15) is 0 Å². The molecule has 15 heavy (non-hydrogen) atoms. The second-order valence-corrected chi connectivity index (χ2v) is 4.30. The molecule has 4 heteroatoms. The van der Waals surface area contributed by atoms with E-state index in [2.05, 4.69) is 32.3 Å². The van der Waals surface area contributed by atoms with Gasteiger partial charge >= 0.3 is 0 Å². The third-order valence-corrected chi connectivity index (χ3v) is 2.48. The van der Waals surface area contributed by atoms with E-state index in [0.717, 1.165) is 37.0 Å². The molecule has 3 nitrogen and oxygen atoms in total. The zero-order valence-corrected chi connectivity index (χ0v) is 10.6. The van der Waals surface area contributed by atoms with Crippen LogP contribution in [0.25, 0.3) is 0 Å². The summed E-state index contributed by atoms with van der Waals surface area (Å²) in [6, 6.07) is 2.08. The summed E-state index contributed by atoms with van der Waals surface area (Å²) in [7, 11) is 1.74. The van der Waals surface area contributed by atoms with E-state index in [4.69, 9.17) is 4.74 Å². The molecule has 0 saturated heterocycles. The maximum Gasteiger partial charge on any atom is 0.0462 e. The SMILES string of the molecule is COCCCCNCc1cncc(Br)c1. The number of methoxy groups -OCH3 is 1. The molecule has 0 amide bonds. The minimum absolute atomic E-state index is 0.847. The Labute approximate surface area is 99.4 Å². The Kier molecular flexibility index (Phi) is 6.55. The normalized spacial score (nSPS) is 10.5. The lowest BCUT2D eigenvalue weighted by Crippen LogP contribution is -2.15. The summed E-state index contributed by atoms with van der Waals surface area (Å²) in [6.07, 6.45) is 5.94. The summed E-state index contributed by atoms with van der Waals surface area (Å²) in [5, 5.41) is 3.37. The molecule has 84 valence electrons. The predicted octanol–water partition coefficient (Wildman–Crippen LogP) is 2.36. The summed E-state index contributed by atoms with van der Waals surface area (Å²) in [5.41, 5.74) is 1.20. The van der Waals surface area contributed by atoms with Crippen molar-refractivity contribution >= 4 is 15.9 Å². The van der Waals surface area contributed by atoms with Crippen molar-refractivity contribution in [1.82, 2.24) is 10.3 Å². The highest BCUT2D eigenvalue weighted by atomic mass is 79.9. The van der Waals surface area contributed by atoms with Gasteiger partial charge in [-0.1, -0.05) is 0 Å². The number of unbranched alkanes of at least 4 members (excludes halogenated alkanes) is 1. The van der Waals surface area contributed by atoms with Crippen molar-refractivity contribution < 1.29 is 4.74 Å². The van der Waals surface area contributed by atoms with Gasteiger partial charge in [0.05, 0.1) is 0 Å². The summed E-state index contributed by atoms with van der Waals surface area (Å²) in [4.78, 5) is 4.11. The highest BCUT2D eigenvalue weighted by Gasteiger charge is 1.94. The molecule has 0 unspecified atom stereocenters.